The van der Waals surface area contributed by atoms with E-state index in [0.29, 0.717) is 5.82 Å². The summed E-state index contributed by atoms with van der Waals surface area (Å²) in [6.07, 6.45) is 3.09. The maximum atomic E-state index is 10.0. The Balaban J connectivity index is 0.000000810. The third-order valence-corrected chi connectivity index (χ3v) is 0.874. The van der Waals surface area contributed by atoms with Gasteiger partial charge in [-0.05, 0) is 0 Å². The van der Waals surface area contributed by atoms with E-state index in [4.69, 9.17) is 5.11 Å². The summed E-state index contributed by atoms with van der Waals surface area (Å²) in [6.45, 7) is 0. The number of hydrogen-bond donors (Lipinski definition) is 2. The standard InChI is InChI=1S/C5H6N2O2.Li.H/c8-5(9)3-4-6-1-2-7-4;;/h1-2H,3H2,(H,6,7)(H,8,9);;. The first-order valence-corrected chi connectivity index (χ1v) is 2.49. The van der Waals surface area contributed by atoms with Gasteiger partial charge in [-0.2, -0.15) is 0 Å². The topological polar surface area (TPSA) is 66.0 Å². The fourth-order valence-electron chi connectivity index (χ4n) is 0.538. The van der Waals surface area contributed by atoms with Crippen molar-refractivity contribution in [3.05, 3.63) is 18.2 Å². The minimum atomic E-state index is -0.870. The van der Waals surface area contributed by atoms with Crippen LogP contribution in [0.25, 0.3) is 0 Å². The Morgan fingerprint density at radius 1 is 1.80 bits per heavy atom. The zero-order valence-corrected chi connectivity index (χ0v) is 4.66. The van der Waals surface area contributed by atoms with Crippen LogP contribution in [-0.2, 0) is 11.2 Å². The number of aromatic nitrogens is 2. The van der Waals surface area contributed by atoms with Crippen LogP contribution in [0.3, 0.4) is 0 Å². The molecular weight excluding hydrogens is 127 g/mol. The van der Waals surface area contributed by atoms with Gasteiger partial charge in [0.05, 0.1) is 0 Å². The molecule has 0 saturated heterocycles. The summed E-state index contributed by atoms with van der Waals surface area (Å²) < 4.78 is 0. The van der Waals surface area contributed by atoms with Crippen LogP contribution in [0.2, 0.25) is 0 Å². The van der Waals surface area contributed by atoms with Crippen LogP contribution in [0, 0.1) is 0 Å². The van der Waals surface area contributed by atoms with Crippen molar-refractivity contribution in [2.75, 3.05) is 0 Å². The Morgan fingerprint density at radius 3 is 2.90 bits per heavy atom. The van der Waals surface area contributed by atoms with Gasteiger partial charge in [0.15, 0.2) is 0 Å². The molecule has 0 radical (unpaired) electrons. The van der Waals surface area contributed by atoms with Crippen molar-refractivity contribution in [1.82, 2.24) is 9.97 Å². The predicted octanol–water partition coefficient (Wildman–Crippen LogP) is -0.612. The molecule has 0 unspecified atom stereocenters. The van der Waals surface area contributed by atoms with E-state index in [1.54, 1.807) is 6.20 Å². The van der Waals surface area contributed by atoms with E-state index >= 15 is 0 Å². The SMILES string of the molecule is O=C(O)Cc1ncc[nH]1.[LiH]. The maximum absolute atomic E-state index is 10.0. The van der Waals surface area contributed by atoms with E-state index in [9.17, 15) is 4.79 Å². The number of H-pyrrole nitrogens is 1. The summed E-state index contributed by atoms with van der Waals surface area (Å²) >= 11 is 0. The van der Waals surface area contributed by atoms with Gasteiger partial charge in [-0.1, -0.05) is 0 Å². The Labute approximate surface area is 69.8 Å². The molecule has 1 aromatic heterocycles. The molecule has 5 heteroatoms. The molecular formula is C5H7LiN2O2. The second-order valence-corrected chi connectivity index (χ2v) is 1.61. The summed E-state index contributed by atoms with van der Waals surface area (Å²) in [7, 11) is 0. The summed E-state index contributed by atoms with van der Waals surface area (Å²) in [5.41, 5.74) is 0. The monoisotopic (exact) mass is 134 g/mol. The van der Waals surface area contributed by atoms with Gasteiger partial charge in [0.1, 0.15) is 12.2 Å². The van der Waals surface area contributed by atoms with Gasteiger partial charge in [0.2, 0.25) is 0 Å². The third kappa shape index (κ3) is 2.71. The van der Waals surface area contributed by atoms with Crippen molar-refractivity contribution in [1.29, 1.82) is 0 Å². The predicted molar refractivity (Wildman–Crippen MR) is 37.1 cm³/mol. The molecule has 0 saturated carbocycles. The molecule has 0 spiro atoms. The van der Waals surface area contributed by atoms with E-state index in [1.807, 2.05) is 0 Å². The molecule has 4 nitrogen and oxygen atoms in total. The van der Waals surface area contributed by atoms with Crippen LogP contribution < -0.4 is 0 Å². The molecule has 0 atom stereocenters. The van der Waals surface area contributed by atoms with E-state index < -0.39 is 5.97 Å². The van der Waals surface area contributed by atoms with E-state index in [2.05, 4.69) is 9.97 Å². The first kappa shape index (κ1) is 9.28. The van der Waals surface area contributed by atoms with E-state index in [1.165, 1.54) is 6.20 Å². The minimum absolute atomic E-state index is 0. The van der Waals surface area contributed by atoms with Crippen LogP contribution >= 0.6 is 0 Å². The number of nitrogens with one attached hydrogen (secondary N) is 1. The van der Waals surface area contributed by atoms with Gasteiger partial charge in [0.25, 0.3) is 0 Å². The Morgan fingerprint density at radius 2 is 2.50 bits per heavy atom. The van der Waals surface area contributed by atoms with Gasteiger partial charge < -0.3 is 10.1 Å². The number of aliphatic carboxylic acids is 1. The number of carboxylic acid groups (broad SMARTS) is 1. The second kappa shape index (κ2) is 4.15. The van der Waals surface area contributed by atoms with Gasteiger partial charge in [-0.25, -0.2) is 4.98 Å². The number of carboxylic acids is 1. The molecule has 0 aliphatic rings. The van der Waals surface area contributed by atoms with E-state index in [-0.39, 0.29) is 25.3 Å². The number of imidazole rings is 1. The van der Waals surface area contributed by atoms with Crippen LogP contribution in [0.4, 0.5) is 0 Å². The fraction of sp³-hybridized carbons (Fsp3) is 0.200. The van der Waals surface area contributed by atoms with Gasteiger partial charge in [0, 0.05) is 12.4 Å². The number of carbonyl (C=O) groups is 1. The molecule has 10 heavy (non-hydrogen) atoms. The van der Waals surface area contributed by atoms with Crippen molar-refractivity contribution in [2.24, 2.45) is 0 Å². The molecule has 1 aromatic rings. The zero-order chi connectivity index (χ0) is 6.69. The molecule has 0 aromatic carbocycles. The first-order valence-electron chi connectivity index (χ1n) is 2.49. The van der Waals surface area contributed by atoms with Crippen molar-refractivity contribution < 1.29 is 9.90 Å². The first-order chi connectivity index (χ1) is 4.29. The van der Waals surface area contributed by atoms with Crippen molar-refractivity contribution >= 4 is 24.8 Å². The number of rotatable bonds is 2. The third-order valence-electron chi connectivity index (χ3n) is 0.874. The summed E-state index contributed by atoms with van der Waals surface area (Å²) in [4.78, 5) is 16.4. The molecule has 2 N–H and O–H groups in total. The number of hydrogen-bond acceptors (Lipinski definition) is 2. The molecule has 0 fully saturated rings. The molecule has 50 valence electrons. The van der Waals surface area contributed by atoms with Crippen LogP contribution in [0.5, 0.6) is 0 Å². The van der Waals surface area contributed by atoms with Crippen molar-refractivity contribution in [3.8, 4) is 0 Å². The average Bonchev–Trinajstić information content (AvgIpc) is 2.15. The fourth-order valence-corrected chi connectivity index (χ4v) is 0.538. The summed E-state index contributed by atoms with van der Waals surface area (Å²) in [5, 5.41) is 8.23. The number of aromatic amines is 1. The Bertz CT molecular complexity index is 197. The van der Waals surface area contributed by atoms with Gasteiger partial charge in [-0.3, -0.25) is 4.79 Å². The molecule has 1 heterocycles. The quantitative estimate of drug-likeness (QED) is 0.530. The average molecular weight is 134 g/mol. The van der Waals surface area contributed by atoms with Crippen LogP contribution in [0.15, 0.2) is 12.4 Å². The van der Waals surface area contributed by atoms with Gasteiger partial charge >= 0.3 is 24.8 Å². The molecule has 0 aliphatic heterocycles. The number of nitrogens with zero attached hydrogens (tertiary/aromatic N) is 1. The Hall–Kier alpha value is -0.723. The van der Waals surface area contributed by atoms with Gasteiger partial charge in [-0.15, -0.1) is 0 Å². The van der Waals surface area contributed by atoms with Crippen molar-refractivity contribution in [2.45, 2.75) is 6.42 Å². The molecule has 0 amide bonds. The second-order valence-electron chi connectivity index (χ2n) is 1.61. The summed E-state index contributed by atoms with van der Waals surface area (Å²) in [5.74, 6) is -0.382. The Kier molecular flexibility index (Phi) is 3.85. The van der Waals surface area contributed by atoms with Crippen molar-refractivity contribution in [3.63, 3.8) is 0 Å². The van der Waals surface area contributed by atoms with E-state index in [0.717, 1.165) is 0 Å². The zero-order valence-electron chi connectivity index (χ0n) is 4.66. The van der Waals surface area contributed by atoms with Crippen LogP contribution in [0.1, 0.15) is 5.82 Å². The summed E-state index contributed by atoms with van der Waals surface area (Å²) in [6, 6.07) is 0. The molecule has 1 rings (SSSR count). The molecule has 0 aliphatic carbocycles. The normalized spacial score (nSPS) is 8.40. The van der Waals surface area contributed by atoms with Crippen LogP contribution in [-0.4, -0.2) is 39.9 Å². The molecule has 0 bridgehead atoms.